The summed E-state index contributed by atoms with van der Waals surface area (Å²) < 4.78 is 15.6. The van der Waals surface area contributed by atoms with Gasteiger partial charge in [0, 0.05) is 17.1 Å². The summed E-state index contributed by atoms with van der Waals surface area (Å²) in [4.78, 5) is 3.98. The molecule has 0 aliphatic heterocycles. The molecule has 0 aliphatic rings. The van der Waals surface area contributed by atoms with E-state index in [1.54, 1.807) is 0 Å². The molecule has 22 heavy (non-hydrogen) atoms. The van der Waals surface area contributed by atoms with Crippen molar-refractivity contribution in [1.29, 1.82) is 0 Å². The Hall–Kier alpha value is -2.07. The van der Waals surface area contributed by atoms with Crippen LogP contribution in [0.3, 0.4) is 0 Å². The van der Waals surface area contributed by atoms with Crippen molar-refractivity contribution in [3.63, 3.8) is 0 Å². The smallest absolute Gasteiger partial charge is 0.150 e. The Bertz CT molecular complexity index is 777. The molecule has 0 spiro atoms. The van der Waals surface area contributed by atoms with Gasteiger partial charge in [-0.25, -0.2) is 4.21 Å². The van der Waals surface area contributed by atoms with Gasteiger partial charge in [-0.1, -0.05) is 43.7 Å². The molecule has 1 atom stereocenters. The molecular formula is C18H20N2OS. The van der Waals surface area contributed by atoms with Gasteiger partial charge in [0.1, 0.15) is 11.0 Å². The highest BCUT2D eigenvalue weighted by Crippen LogP contribution is 2.24. The molecule has 0 fully saturated rings. The molecule has 2 N–H and O–H groups in total. The average Bonchev–Trinajstić information content (AvgIpc) is 2.96. The van der Waals surface area contributed by atoms with Crippen LogP contribution in [-0.4, -0.2) is 9.19 Å². The maximum atomic E-state index is 12.5. The van der Waals surface area contributed by atoms with Crippen molar-refractivity contribution >= 4 is 27.6 Å². The van der Waals surface area contributed by atoms with Crippen molar-refractivity contribution in [2.24, 2.45) is 0 Å². The first kappa shape index (κ1) is 14.9. The fourth-order valence-electron chi connectivity index (χ4n) is 2.48. The number of aromatic nitrogens is 1. The van der Waals surface area contributed by atoms with E-state index in [4.69, 9.17) is 0 Å². The zero-order valence-electron chi connectivity index (χ0n) is 12.6. The Balaban J connectivity index is 1.74. The second-order valence-corrected chi connectivity index (χ2v) is 6.58. The number of fused-ring (bicyclic) bond motifs is 1. The molecule has 114 valence electrons. The Morgan fingerprint density at radius 1 is 1.09 bits per heavy atom. The van der Waals surface area contributed by atoms with Crippen LogP contribution in [0.5, 0.6) is 0 Å². The normalized spacial score (nSPS) is 12.4. The summed E-state index contributed by atoms with van der Waals surface area (Å²) in [5.41, 5.74) is 3.20. The van der Waals surface area contributed by atoms with Gasteiger partial charge in [-0.05, 0) is 36.6 Å². The van der Waals surface area contributed by atoms with Crippen molar-refractivity contribution < 1.29 is 4.21 Å². The van der Waals surface area contributed by atoms with Crippen LogP contribution in [0, 0.1) is 0 Å². The highest BCUT2D eigenvalue weighted by molar-refractivity contribution is 7.86. The molecule has 1 unspecified atom stereocenters. The number of para-hydroxylation sites is 1. The maximum Gasteiger partial charge on any atom is 0.150 e. The molecule has 1 heterocycles. The summed E-state index contributed by atoms with van der Waals surface area (Å²) in [5, 5.41) is 1.05. The van der Waals surface area contributed by atoms with Crippen LogP contribution < -0.4 is 4.72 Å². The van der Waals surface area contributed by atoms with E-state index in [-0.39, 0.29) is 0 Å². The van der Waals surface area contributed by atoms with Gasteiger partial charge in [-0.15, -0.1) is 0 Å². The lowest BCUT2D eigenvalue weighted by Crippen LogP contribution is -2.04. The maximum absolute atomic E-state index is 12.5. The molecule has 0 radical (unpaired) electrons. The summed E-state index contributed by atoms with van der Waals surface area (Å²) >= 11 is 0. The van der Waals surface area contributed by atoms with E-state index in [1.165, 1.54) is 18.4 Å². The van der Waals surface area contributed by atoms with E-state index < -0.39 is 11.0 Å². The fraction of sp³-hybridized carbons (Fsp3) is 0.222. The minimum atomic E-state index is -1.25. The number of aryl methyl sites for hydroxylation is 1. The summed E-state index contributed by atoms with van der Waals surface area (Å²) in [6, 6.07) is 16.0. The van der Waals surface area contributed by atoms with Gasteiger partial charge in [0.25, 0.3) is 0 Å². The lowest BCUT2D eigenvalue weighted by molar-refractivity contribution is 0.686. The molecule has 3 rings (SSSR count). The van der Waals surface area contributed by atoms with E-state index in [1.807, 2.05) is 42.6 Å². The van der Waals surface area contributed by atoms with Crippen molar-refractivity contribution in [1.82, 2.24) is 4.98 Å². The molecule has 4 heteroatoms. The average molecular weight is 312 g/mol. The van der Waals surface area contributed by atoms with Gasteiger partial charge >= 0.3 is 0 Å². The van der Waals surface area contributed by atoms with Gasteiger partial charge in [0.05, 0.1) is 10.6 Å². The Morgan fingerprint density at radius 2 is 1.86 bits per heavy atom. The SMILES string of the molecule is CCCCc1ccc(S(=O)Nc2c[nH]c3ccccc23)cc1. The van der Waals surface area contributed by atoms with Gasteiger partial charge < -0.3 is 4.98 Å². The van der Waals surface area contributed by atoms with Crippen LogP contribution in [0.2, 0.25) is 0 Å². The summed E-state index contributed by atoms with van der Waals surface area (Å²) in [6.07, 6.45) is 5.32. The molecule has 0 amide bonds. The zero-order valence-corrected chi connectivity index (χ0v) is 13.5. The first-order valence-corrected chi connectivity index (χ1v) is 8.76. The van der Waals surface area contributed by atoms with E-state index in [2.05, 4.69) is 28.8 Å². The van der Waals surface area contributed by atoms with E-state index >= 15 is 0 Å². The quantitative estimate of drug-likeness (QED) is 0.684. The van der Waals surface area contributed by atoms with Gasteiger partial charge in [0.15, 0.2) is 0 Å². The fourth-order valence-corrected chi connectivity index (χ4v) is 3.35. The van der Waals surface area contributed by atoms with Crippen LogP contribution in [-0.2, 0) is 17.4 Å². The molecule has 0 aliphatic carbocycles. The molecule has 3 aromatic rings. The number of rotatable bonds is 6. The van der Waals surface area contributed by atoms with E-state index in [9.17, 15) is 4.21 Å². The van der Waals surface area contributed by atoms with Crippen molar-refractivity contribution in [3.8, 4) is 0 Å². The van der Waals surface area contributed by atoms with Crippen LogP contribution in [0.25, 0.3) is 10.9 Å². The lowest BCUT2D eigenvalue weighted by atomic mass is 10.1. The third kappa shape index (κ3) is 3.22. The molecule has 2 aromatic carbocycles. The third-order valence-electron chi connectivity index (χ3n) is 3.75. The molecule has 0 bridgehead atoms. The number of hydrogen-bond acceptors (Lipinski definition) is 1. The predicted molar refractivity (Wildman–Crippen MR) is 93.4 cm³/mol. The Kier molecular flexibility index (Phi) is 4.59. The van der Waals surface area contributed by atoms with Gasteiger partial charge in [-0.2, -0.15) is 0 Å². The highest BCUT2D eigenvalue weighted by Gasteiger charge is 2.08. The van der Waals surface area contributed by atoms with Crippen molar-refractivity contribution in [2.75, 3.05) is 4.72 Å². The summed E-state index contributed by atoms with van der Waals surface area (Å²) in [5.74, 6) is 0. The van der Waals surface area contributed by atoms with Crippen LogP contribution >= 0.6 is 0 Å². The first-order chi connectivity index (χ1) is 10.8. The summed E-state index contributed by atoms with van der Waals surface area (Å²) in [6.45, 7) is 2.19. The Labute approximate surface area is 133 Å². The number of unbranched alkanes of at least 4 members (excludes halogenated alkanes) is 1. The predicted octanol–water partition coefficient (Wildman–Crippen LogP) is 4.65. The monoisotopic (exact) mass is 312 g/mol. The second-order valence-electron chi connectivity index (χ2n) is 5.37. The van der Waals surface area contributed by atoms with Crippen molar-refractivity contribution in [3.05, 3.63) is 60.3 Å². The number of anilines is 1. The third-order valence-corrected chi connectivity index (χ3v) is 4.85. The number of hydrogen-bond donors (Lipinski definition) is 2. The highest BCUT2D eigenvalue weighted by atomic mass is 32.2. The van der Waals surface area contributed by atoms with Gasteiger partial charge in [-0.3, -0.25) is 4.72 Å². The molecule has 0 saturated carbocycles. The zero-order chi connectivity index (χ0) is 15.4. The van der Waals surface area contributed by atoms with E-state index in [0.717, 1.165) is 27.9 Å². The molecule has 1 aromatic heterocycles. The number of nitrogens with one attached hydrogen (secondary N) is 2. The van der Waals surface area contributed by atoms with Crippen LogP contribution in [0.4, 0.5) is 5.69 Å². The number of benzene rings is 2. The largest absolute Gasteiger partial charge is 0.359 e. The topological polar surface area (TPSA) is 44.9 Å². The van der Waals surface area contributed by atoms with E-state index in [0.29, 0.717) is 0 Å². The molecule has 0 saturated heterocycles. The Morgan fingerprint density at radius 3 is 2.64 bits per heavy atom. The molecular weight excluding hydrogens is 292 g/mol. The second kappa shape index (κ2) is 6.79. The number of H-pyrrole nitrogens is 1. The van der Waals surface area contributed by atoms with Crippen molar-refractivity contribution in [2.45, 2.75) is 31.1 Å². The molecule has 3 nitrogen and oxygen atoms in total. The standard InChI is InChI=1S/C18H20N2OS/c1-2-3-6-14-9-11-15(12-10-14)22(21)20-18-13-19-17-8-5-4-7-16(17)18/h4-5,7-13,19-20H,2-3,6H2,1H3. The van der Waals surface area contributed by atoms with Gasteiger partial charge in [0.2, 0.25) is 0 Å². The lowest BCUT2D eigenvalue weighted by Gasteiger charge is -2.06. The minimum absolute atomic E-state index is 0.797. The minimum Gasteiger partial charge on any atom is -0.359 e. The first-order valence-electron chi connectivity index (χ1n) is 7.61. The van der Waals surface area contributed by atoms with Crippen LogP contribution in [0.15, 0.2) is 59.6 Å². The number of aromatic amines is 1. The van der Waals surface area contributed by atoms with Crippen LogP contribution in [0.1, 0.15) is 25.3 Å². The summed E-state index contributed by atoms with van der Waals surface area (Å²) in [7, 11) is -1.25.